The Morgan fingerprint density at radius 3 is 2.42 bits per heavy atom. The minimum Gasteiger partial charge on any atom is -0.481 e. The number of carbonyl (C=O) groups excluding carboxylic acids is 1. The first-order valence-corrected chi connectivity index (χ1v) is 19.8. The smallest absolute Gasteiger partial charge is 0.433 e. The molecule has 0 radical (unpaired) electrons. The third-order valence-electron chi connectivity index (χ3n) is 11.0. The fourth-order valence-corrected chi connectivity index (χ4v) is 8.25. The molecule has 2 atom stereocenters. The molecule has 0 bridgehead atoms. The van der Waals surface area contributed by atoms with E-state index in [4.69, 9.17) is 21.3 Å². The lowest BCUT2D eigenvalue weighted by atomic mass is 9.96. The summed E-state index contributed by atoms with van der Waals surface area (Å²) in [6, 6.07) is 13.4. The second-order valence-corrected chi connectivity index (χ2v) is 14.8. The number of amides is 2. The zero-order valence-corrected chi connectivity index (χ0v) is 34.8. The number of anilines is 2. The Labute approximate surface area is 344 Å². The van der Waals surface area contributed by atoms with Crippen molar-refractivity contribution in [2.75, 3.05) is 45.7 Å². The Hall–Kier alpha value is -5.45. The molecule has 3 aromatic heterocycles. The van der Waals surface area contributed by atoms with Crippen LogP contribution in [0.3, 0.4) is 0 Å². The number of rotatable bonds is 11. The van der Waals surface area contributed by atoms with Gasteiger partial charge in [0, 0.05) is 68.2 Å². The number of carbonyl (C=O) groups is 1. The van der Waals surface area contributed by atoms with Crippen molar-refractivity contribution in [3.05, 3.63) is 96.8 Å². The van der Waals surface area contributed by atoms with Crippen LogP contribution in [0.15, 0.2) is 58.1 Å². The Bertz CT molecular complexity index is 2520. The summed E-state index contributed by atoms with van der Waals surface area (Å²) in [7, 11) is 6.19. The molecule has 7 rings (SSSR count). The lowest BCUT2D eigenvalue weighted by Crippen LogP contribution is -2.37. The first kappa shape index (κ1) is 43.1. The highest BCUT2D eigenvalue weighted by molar-refractivity contribution is 6.36. The predicted octanol–water partition coefficient (Wildman–Crippen LogP) is 6.82. The fourth-order valence-electron chi connectivity index (χ4n) is 7.92. The number of pyridine rings is 2. The Morgan fingerprint density at radius 2 is 1.73 bits per heavy atom. The summed E-state index contributed by atoms with van der Waals surface area (Å²) in [5.74, 6) is 0.151. The third kappa shape index (κ3) is 8.25. The summed E-state index contributed by atoms with van der Waals surface area (Å²) in [5, 5.41) is 15.4. The molecule has 5 aromatic rings. The number of urea groups is 1. The maximum absolute atomic E-state index is 14.0. The number of hydrogen-bond acceptors (Lipinski definition) is 9. The monoisotopic (exact) mass is 836 g/mol. The third-order valence-corrected chi connectivity index (χ3v) is 11.4. The van der Waals surface area contributed by atoms with Gasteiger partial charge >= 0.3 is 17.9 Å². The highest BCUT2D eigenvalue weighted by Crippen LogP contribution is 2.45. The van der Waals surface area contributed by atoms with Crippen molar-refractivity contribution in [2.45, 2.75) is 58.3 Å². The molecule has 4 heterocycles. The van der Waals surface area contributed by atoms with Gasteiger partial charge in [-0.1, -0.05) is 55.8 Å². The highest BCUT2D eigenvalue weighted by atomic mass is 35.5. The van der Waals surface area contributed by atoms with Gasteiger partial charge in [0.1, 0.15) is 16.9 Å². The number of alkyl halides is 3. The summed E-state index contributed by atoms with van der Waals surface area (Å²) >= 11 is 7.18. The van der Waals surface area contributed by atoms with Crippen molar-refractivity contribution < 1.29 is 27.8 Å². The first-order valence-electron chi connectivity index (χ1n) is 19.4. The van der Waals surface area contributed by atoms with Gasteiger partial charge in [0.2, 0.25) is 5.88 Å². The minimum absolute atomic E-state index is 0.00738. The number of aliphatic hydroxyl groups excluding tert-OH is 1. The molecule has 3 N–H and O–H groups in total. The lowest BCUT2D eigenvalue weighted by molar-refractivity contribution is -0.141. The Morgan fingerprint density at radius 1 is 1.03 bits per heavy atom. The molecule has 1 aliphatic carbocycles. The van der Waals surface area contributed by atoms with Crippen LogP contribution in [0.2, 0.25) is 5.02 Å². The normalized spacial score (nSPS) is 16.3. The topological polar surface area (TPSA) is 147 Å². The van der Waals surface area contributed by atoms with E-state index in [1.807, 2.05) is 44.2 Å². The van der Waals surface area contributed by atoms with E-state index in [2.05, 4.69) is 27.6 Å². The average Bonchev–Trinajstić information content (AvgIpc) is 3.82. The molecule has 314 valence electrons. The number of halogens is 4. The number of methoxy groups -OCH3 is 1. The molecule has 0 spiro atoms. The van der Waals surface area contributed by atoms with Gasteiger partial charge in [-0.05, 0) is 68.1 Å². The van der Waals surface area contributed by atoms with Crippen LogP contribution in [0, 0.1) is 6.92 Å². The van der Waals surface area contributed by atoms with Crippen molar-refractivity contribution in [3.8, 4) is 28.3 Å². The molecule has 1 fully saturated rings. The van der Waals surface area contributed by atoms with Crippen LogP contribution < -0.4 is 26.6 Å². The summed E-state index contributed by atoms with van der Waals surface area (Å²) < 4.78 is 49.8. The molecular weight excluding hydrogens is 789 g/mol. The molecule has 17 heteroatoms. The minimum atomic E-state index is -4.85. The van der Waals surface area contributed by atoms with Crippen LogP contribution in [0.25, 0.3) is 33.3 Å². The van der Waals surface area contributed by atoms with Crippen molar-refractivity contribution in [2.24, 2.45) is 14.1 Å². The van der Waals surface area contributed by atoms with Crippen LogP contribution in [0.4, 0.5) is 29.5 Å². The fraction of sp³-hybridized carbons (Fsp3) is 0.405. The number of nitrogens with zero attached hydrogens (tertiary/aromatic N) is 6. The molecular formula is C42H48ClF3N8O5. The van der Waals surface area contributed by atoms with Crippen molar-refractivity contribution in [3.63, 3.8) is 0 Å². The number of β-amino-alcohol motifs (C(OH)–C–C–N with tert-alkyl or cyclic N) is 1. The molecule has 2 aliphatic rings. The summed E-state index contributed by atoms with van der Waals surface area (Å²) in [6.07, 6.45) is -2.46. The summed E-state index contributed by atoms with van der Waals surface area (Å²) in [4.78, 5) is 50.8. The number of nitrogens with one attached hydrogen (secondary N) is 2. The van der Waals surface area contributed by atoms with Gasteiger partial charge in [-0.15, -0.1) is 0 Å². The van der Waals surface area contributed by atoms with Crippen LogP contribution in [-0.2, 0) is 26.7 Å². The number of aromatic nitrogens is 4. The Kier molecular flexibility index (Phi) is 12.7. The SMILES string of the molecule is CC.COc1nc(-c2cccc(-c3cccc(Nc4nc(C(F)(F)F)cc5c4c(=O)n(C)c(=O)n5C)c3C)c2Cl)cc2c1C(N(C)CCC1CN(CCO)C(=O)N1)CC2. The van der Waals surface area contributed by atoms with Gasteiger partial charge in [-0.25, -0.2) is 19.6 Å². The first-order chi connectivity index (χ1) is 28.1. The van der Waals surface area contributed by atoms with E-state index in [-0.39, 0.29) is 41.4 Å². The number of hydrogen-bond donors (Lipinski definition) is 3. The molecule has 0 saturated carbocycles. The van der Waals surface area contributed by atoms with Gasteiger partial charge in [-0.2, -0.15) is 13.2 Å². The summed E-state index contributed by atoms with van der Waals surface area (Å²) in [5.41, 5.74) is 2.66. The van der Waals surface area contributed by atoms with Crippen molar-refractivity contribution >= 4 is 40.0 Å². The van der Waals surface area contributed by atoms with Crippen molar-refractivity contribution in [1.29, 1.82) is 0 Å². The lowest BCUT2D eigenvalue weighted by Gasteiger charge is -2.27. The second-order valence-electron chi connectivity index (χ2n) is 14.5. The molecule has 1 aliphatic heterocycles. The zero-order chi connectivity index (χ0) is 42.9. The van der Waals surface area contributed by atoms with E-state index >= 15 is 0 Å². The number of aliphatic hydroxyl groups is 1. The summed E-state index contributed by atoms with van der Waals surface area (Å²) in [6.45, 7) is 7.29. The molecule has 1 saturated heterocycles. The second kappa shape index (κ2) is 17.4. The number of benzene rings is 2. The maximum atomic E-state index is 14.0. The Balaban J connectivity index is 0.00000288. The number of fused-ring (bicyclic) bond motifs is 2. The zero-order valence-electron chi connectivity index (χ0n) is 34.0. The van der Waals surface area contributed by atoms with E-state index in [9.17, 15) is 32.7 Å². The van der Waals surface area contributed by atoms with Gasteiger partial charge in [0.15, 0.2) is 0 Å². The van der Waals surface area contributed by atoms with Crippen LogP contribution in [0.5, 0.6) is 5.88 Å². The van der Waals surface area contributed by atoms with Gasteiger partial charge < -0.3 is 25.4 Å². The molecule has 2 unspecified atom stereocenters. The molecule has 13 nitrogen and oxygen atoms in total. The highest BCUT2D eigenvalue weighted by Gasteiger charge is 2.36. The van der Waals surface area contributed by atoms with Crippen LogP contribution in [-0.4, -0.2) is 86.5 Å². The molecule has 2 aromatic carbocycles. The molecule has 59 heavy (non-hydrogen) atoms. The van der Waals surface area contributed by atoms with Gasteiger partial charge in [0.25, 0.3) is 5.56 Å². The van der Waals surface area contributed by atoms with E-state index in [0.29, 0.717) is 63.7 Å². The van der Waals surface area contributed by atoms with Gasteiger partial charge in [-0.3, -0.25) is 18.8 Å². The quantitative estimate of drug-likeness (QED) is 0.131. The van der Waals surface area contributed by atoms with Crippen LogP contribution in [0.1, 0.15) is 55.1 Å². The van der Waals surface area contributed by atoms with E-state index in [1.165, 1.54) is 14.1 Å². The van der Waals surface area contributed by atoms with Gasteiger partial charge in [0.05, 0.1) is 29.9 Å². The standard InChI is InChI=1S/C40H42ClF3N8O5.C2H6/c1-21-24(8-7-11-27(21)46-35-33-30(19-31(48-35)40(42,43)44)50(3)39(56)51(4)37(33)54)25-9-6-10-26(34(25)41)28-18-22-12-13-29(32(22)36(47-28)57-5)49(2)15-14-23-20-52(16-17-53)38(55)45-23;1-2/h6-11,18-19,23,29,53H,12-17,20H2,1-5H3,(H,45,55)(H,46,48);1-2H3. The van der Waals surface area contributed by atoms with E-state index in [0.717, 1.165) is 46.1 Å². The van der Waals surface area contributed by atoms with Crippen molar-refractivity contribution in [1.82, 2.24) is 34.2 Å². The van der Waals surface area contributed by atoms with E-state index in [1.54, 1.807) is 31.1 Å². The number of aryl methyl sites for hydroxylation is 2. The average molecular weight is 837 g/mol. The molecule has 2 amide bonds. The largest absolute Gasteiger partial charge is 0.481 e. The van der Waals surface area contributed by atoms with E-state index < -0.39 is 23.1 Å². The predicted molar refractivity (Wildman–Crippen MR) is 223 cm³/mol. The number of ether oxygens (including phenoxy) is 1. The maximum Gasteiger partial charge on any atom is 0.433 e. The van der Waals surface area contributed by atoms with Crippen LogP contribution >= 0.6 is 11.6 Å².